The lowest BCUT2D eigenvalue weighted by Crippen LogP contribution is -2.57. The van der Waals surface area contributed by atoms with E-state index in [1.54, 1.807) is 0 Å². The number of piperidine rings is 1. The number of urea groups is 1. The molecule has 6 nitrogen and oxygen atoms in total. The first-order chi connectivity index (χ1) is 12.5. The Labute approximate surface area is 156 Å². The van der Waals surface area contributed by atoms with Crippen molar-refractivity contribution in [2.75, 3.05) is 37.7 Å². The van der Waals surface area contributed by atoms with E-state index in [4.69, 9.17) is 9.84 Å². The molecule has 0 aliphatic carbocycles. The fourth-order valence-electron chi connectivity index (χ4n) is 4.50. The molecule has 3 fully saturated rings. The van der Waals surface area contributed by atoms with Crippen LogP contribution in [-0.2, 0) is 0 Å². The molecule has 0 saturated carbocycles. The molecule has 2 amide bonds. The molecule has 0 unspecified atom stereocenters. The van der Waals surface area contributed by atoms with Crippen molar-refractivity contribution in [1.29, 1.82) is 0 Å². The Morgan fingerprint density at radius 2 is 2.08 bits per heavy atom. The minimum absolute atomic E-state index is 0.0311. The third kappa shape index (κ3) is 3.75. The van der Waals surface area contributed by atoms with E-state index in [-0.39, 0.29) is 24.1 Å². The summed E-state index contributed by atoms with van der Waals surface area (Å²) in [4.78, 5) is 17.0. The maximum Gasteiger partial charge on any atom is 0.317 e. The van der Waals surface area contributed by atoms with Gasteiger partial charge in [0.2, 0.25) is 0 Å². The van der Waals surface area contributed by atoms with E-state index in [2.05, 4.69) is 36.2 Å². The number of amides is 2. The quantitative estimate of drug-likeness (QED) is 0.846. The number of rotatable bonds is 5. The summed E-state index contributed by atoms with van der Waals surface area (Å²) in [7, 11) is 0. The number of nitrogens with zero attached hydrogens (tertiary/aromatic N) is 2. The van der Waals surface area contributed by atoms with Crippen LogP contribution in [0.1, 0.15) is 33.6 Å². The number of hydrogen-bond acceptors (Lipinski definition) is 4. The summed E-state index contributed by atoms with van der Waals surface area (Å²) in [6.45, 7) is 9.13. The molecular formula is C20H31N3O3. The van der Waals surface area contributed by atoms with Gasteiger partial charge in [-0.05, 0) is 49.4 Å². The van der Waals surface area contributed by atoms with Crippen LogP contribution in [0.15, 0.2) is 24.3 Å². The molecule has 3 heterocycles. The molecule has 2 N–H and O–H groups in total. The number of ether oxygens (including phenoxy) is 1. The van der Waals surface area contributed by atoms with Gasteiger partial charge in [0.15, 0.2) is 0 Å². The highest BCUT2D eigenvalue weighted by atomic mass is 16.5. The van der Waals surface area contributed by atoms with Crippen molar-refractivity contribution in [3.63, 3.8) is 0 Å². The van der Waals surface area contributed by atoms with Crippen molar-refractivity contribution < 1.29 is 14.6 Å². The number of aliphatic hydroxyl groups excluding tert-OH is 1. The van der Waals surface area contributed by atoms with E-state index in [1.807, 2.05) is 24.0 Å². The molecule has 3 saturated heterocycles. The Balaban J connectivity index is 1.82. The standard InChI is InChI=1S/C20H31N3O3/c1-4-26-17-7-5-15(6-8-17)23-14-16-13-20(2,3)18(23)9-11-22(16)19(25)21-10-12-24/h5-8,16,18,24H,4,9-14H2,1-3H3,(H,21,25)/t16-,18+/m0/s1. The molecule has 1 aromatic rings. The van der Waals surface area contributed by atoms with Crippen LogP contribution in [-0.4, -0.2) is 61.0 Å². The van der Waals surface area contributed by atoms with Crippen LogP contribution in [0.3, 0.4) is 0 Å². The average molecular weight is 361 g/mol. The van der Waals surface area contributed by atoms with Crippen LogP contribution in [0, 0.1) is 5.41 Å². The van der Waals surface area contributed by atoms with Crippen molar-refractivity contribution in [3.8, 4) is 5.75 Å². The van der Waals surface area contributed by atoms with E-state index in [0.29, 0.717) is 19.2 Å². The van der Waals surface area contributed by atoms with Gasteiger partial charge >= 0.3 is 6.03 Å². The highest BCUT2D eigenvalue weighted by molar-refractivity contribution is 5.75. The van der Waals surface area contributed by atoms with Crippen molar-refractivity contribution in [2.24, 2.45) is 5.41 Å². The number of fused-ring (bicyclic) bond motifs is 4. The molecule has 2 atom stereocenters. The van der Waals surface area contributed by atoms with Crippen LogP contribution in [0.2, 0.25) is 0 Å². The van der Waals surface area contributed by atoms with Crippen molar-refractivity contribution in [3.05, 3.63) is 24.3 Å². The molecule has 1 aromatic carbocycles. The summed E-state index contributed by atoms with van der Waals surface area (Å²) >= 11 is 0. The normalized spacial score (nSPS) is 24.3. The lowest BCUT2D eigenvalue weighted by Gasteiger charge is -2.49. The van der Waals surface area contributed by atoms with Gasteiger partial charge in [0, 0.05) is 31.4 Å². The molecular weight excluding hydrogens is 330 g/mol. The van der Waals surface area contributed by atoms with E-state index >= 15 is 0 Å². The lowest BCUT2D eigenvalue weighted by atomic mass is 9.74. The second kappa shape index (κ2) is 7.74. The van der Waals surface area contributed by atoms with Crippen molar-refractivity contribution in [2.45, 2.75) is 45.7 Å². The van der Waals surface area contributed by atoms with Crippen molar-refractivity contribution in [1.82, 2.24) is 10.2 Å². The zero-order valence-corrected chi connectivity index (χ0v) is 16.1. The number of carbonyl (C=O) groups is 1. The Morgan fingerprint density at radius 1 is 1.35 bits per heavy atom. The summed E-state index contributed by atoms with van der Waals surface area (Å²) in [5.74, 6) is 0.889. The number of hydrogen-bond donors (Lipinski definition) is 2. The zero-order chi connectivity index (χ0) is 18.7. The predicted molar refractivity (Wildman–Crippen MR) is 103 cm³/mol. The monoisotopic (exact) mass is 361 g/mol. The molecule has 26 heavy (non-hydrogen) atoms. The molecule has 0 aromatic heterocycles. The fraction of sp³-hybridized carbons (Fsp3) is 0.650. The van der Waals surface area contributed by atoms with E-state index in [1.165, 1.54) is 5.69 Å². The molecule has 2 bridgehead atoms. The van der Waals surface area contributed by atoms with Gasteiger partial charge in [-0.15, -0.1) is 0 Å². The maximum absolute atomic E-state index is 12.5. The topological polar surface area (TPSA) is 65.0 Å². The maximum atomic E-state index is 12.5. The first-order valence-electron chi connectivity index (χ1n) is 9.61. The fourth-order valence-corrected chi connectivity index (χ4v) is 4.50. The van der Waals surface area contributed by atoms with Crippen LogP contribution >= 0.6 is 0 Å². The molecule has 3 aliphatic rings. The van der Waals surface area contributed by atoms with E-state index in [0.717, 1.165) is 31.7 Å². The van der Waals surface area contributed by atoms with Crippen LogP contribution in [0.25, 0.3) is 0 Å². The number of carbonyl (C=O) groups excluding carboxylic acids is 1. The second-order valence-electron chi connectivity index (χ2n) is 7.88. The summed E-state index contributed by atoms with van der Waals surface area (Å²) in [6.07, 6.45) is 1.95. The zero-order valence-electron chi connectivity index (χ0n) is 16.1. The van der Waals surface area contributed by atoms with E-state index in [9.17, 15) is 4.79 Å². The Kier molecular flexibility index (Phi) is 5.61. The van der Waals surface area contributed by atoms with E-state index < -0.39 is 0 Å². The second-order valence-corrected chi connectivity index (χ2v) is 7.88. The van der Waals surface area contributed by atoms with Gasteiger partial charge in [-0.3, -0.25) is 0 Å². The average Bonchev–Trinajstić information content (AvgIpc) is 2.87. The van der Waals surface area contributed by atoms with Crippen LogP contribution in [0.4, 0.5) is 10.5 Å². The van der Waals surface area contributed by atoms with Gasteiger partial charge in [-0.25, -0.2) is 4.79 Å². The van der Waals surface area contributed by atoms with Gasteiger partial charge in [-0.2, -0.15) is 0 Å². The van der Waals surface area contributed by atoms with Crippen LogP contribution < -0.4 is 15.0 Å². The Morgan fingerprint density at radius 3 is 2.73 bits per heavy atom. The van der Waals surface area contributed by atoms with Gasteiger partial charge in [0.05, 0.1) is 19.3 Å². The highest BCUT2D eigenvalue weighted by Gasteiger charge is 2.47. The molecule has 144 valence electrons. The highest BCUT2D eigenvalue weighted by Crippen LogP contribution is 2.43. The van der Waals surface area contributed by atoms with Gasteiger partial charge < -0.3 is 25.0 Å². The largest absolute Gasteiger partial charge is 0.494 e. The molecule has 0 radical (unpaired) electrons. The minimum Gasteiger partial charge on any atom is -0.494 e. The number of benzene rings is 1. The molecule has 0 spiro atoms. The van der Waals surface area contributed by atoms with Gasteiger partial charge in [-0.1, -0.05) is 13.8 Å². The first-order valence-corrected chi connectivity index (χ1v) is 9.61. The Hall–Kier alpha value is -1.95. The molecule has 4 rings (SSSR count). The number of aliphatic hydroxyl groups is 1. The summed E-state index contributed by atoms with van der Waals surface area (Å²) in [5.41, 5.74) is 1.32. The van der Waals surface area contributed by atoms with Gasteiger partial charge in [0.25, 0.3) is 0 Å². The van der Waals surface area contributed by atoms with Crippen LogP contribution in [0.5, 0.6) is 5.75 Å². The number of anilines is 1. The Bertz CT molecular complexity index is 617. The number of nitrogens with one attached hydrogen (secondary N) is 1. The summed E-state index contributed by atoms with van der Waals surface area (Å²) in [5, 5.41) is 11.8. The molecule has 3 aliphatic heterocycles. The third-order valence-corrected chi connectivity index (χ3v) is 5.66. The predicted octanol–water partition coefficient (Wildman–Crippen LogP) is 2.47. The summed E-state index contributed by atoms with van der Waals surface area (Å²) in [6, 6.07) is 8.80. The smallest absolute Gasteiger partial charge is 0.317 e. The van der Waals surface area contributed by atoms with Crippen molar-refractivity contribution >= 4 is 11.7 Å². The third-order valence-electron chi connectivity index (χ3n) is 5.66. The summed E-state index contributed by atoms with van der Waals surface area (Å²) < 4.78 is 5.56. The molecule has 6 heteroatoms. The van der Waals surface area contributed by atoms with Gasteiger partial charge in [0.1, 0.15) is 5.75 Å². The SMILES string of the molecule is CCOc1ccc(N2C[C@@H]3CC(C)(C)[C@H]2CCN3C(=O)NCCO)cc1. The minimum atomic E-state index is -0.0611. The lowest BCUT2D eigenvalue weighted by molar-refractivity contribution is 0.145. The first kappa shape index (κ1) is 18.8.